The minimum Gasteiger partial charge on any atom is -0.493 e. The third kappa shape index (κ3) is 7.20. The van der Waals surface area contributed by atoms with Crippen molar-refractivity contribution in [1.29, 1.82) is 0 Å². The highest BCUT2D eigenvalue weighted by Crippen LogP contribution is 2.16. The van der Waals surface area contributed by atoms with Gasteiger partial charge in [0.1, 0.15) is 24.7 Å². The maximum atomic E-state index is 12.3. The summed E-state index contributed by atoms with van der Waals surface area (Å²) in [7, 11) is -6.76. The van der Waals surface area contributed by atoms with Crippen LogP contribution in [0.25, 0.3) is 0 Å². The molecule has 2 aromatic rings. The molecule has 0 aromatic heterocycles. The Hall–Kier alpha value is -2.10. The molecule has 0 aliphatic heterocycles. The van der Waals surface area contributed by atoms with E-state index in [2.05, 4.69) is 4.72 Å². The van der Waals surface area contributed by atoms with E-state index in [1.807, 2.05) is 18.2 Å². The summed E-state index contributed by atoms with van der Waals surface area (Å²) in [5, 5.41) is 0. The third-order valence-electron chi connectivity index (χ3n) is 3.64. The second kappa shape index (κ2) is 9.72. The predicted octanol–water partition coefficient (Wildman–Crippen LogP) is 1.86. The molecule has 9 heteroatoms. The van der Waals surface area contributed by atoms with Crippen molar-refractivity contribution in [1.82, 2.24) is 4.72 Å². The van der Waals surface area contributed by atoms with Crippen molar-refractivity contribution in [3.05, 3.63) is 54.6 Å². The first-order valence-electron chi connectivity index (χ1n) is 8.43. The summed E-state index contributed by atoms with van der Waals surface area (Å²) >= 11 is 0. The van der Waals surface area contributed by atoms with Gasteiger partial charge in [0, 0.05) is 12.3 Å². The Kier molecular flexibility index (Phi) is 7.64. The molecule has 0 saturated carbocycles. The minimum absolute atomic E-state index is 0.0251. The summed E-state index contributed by atoms with van der Waals surface area (Å²) < 4.78 is 60.6. The van der Waals surface area contributed by atoms with Crippen LogP contribution in [0, 0.1) is 0 Å². The number of rotatable bonds is 11. The first-order valence-corrected chi connectivity index (χ1v) is 11.7. The van der Waals surface area contributed by atoms with Crippen LogP contribution in [0.15, 0.2) is 59.5 Å². The Morgan fingerprint density at radius 3 is 2.04 bits per heavy atom. The average Bonchev–Trinajstić information content (AvgIpc) is 2.66. The van der Waals surface area contributed by atoms with Gasteiger partial charge in [0.05, 0.1) is 10.6 Å². The second-order valence-corrected chi connectivity index (χ2v) is 9.86. The van der Waals surface area contributed by atoms with Crippen LogP contribution < -0.4 is 14.2 Å². The van der Waals surface area contributed by atoms with Crippen LogP contribution in [0.2, 0.25) is 0 Å². The summed E-state index contributed by atoms with van der Waals surface area (Å²) in [6, 6.07) is 14.9. The molecule has 0 saturated heterocycles. The molecule has 148 valence electrons. The van der Waals surface area contributed by atoms with Gasteiger partial charge in [-0.25, -0.2) is 21.6 Å². The third-order valence-corrected chi connectivity index (χ3v) is 6.79. The molecule has 0 fully saturated rings. The van der Waals surface area contributed by atoms with E-state index in [4.69, 9.17) is 9.47 Å². The van der Waals surface area contributed by atoms with Crippen LogP contribution in [0.3, 0.4) is 0 Å². The number of sulfonamides is 1. The van der Waals surface area contributed by atoms with Crippen molar-refractivity contribution in [2.24, 2.45) is 0 Å². The van der Waals surface area contributed by atoms with E-state index in [1.54, 1.807) is 19.1 Å². The van der Waals surface area contributed by atoms with Crippen molar-refractivity contribution in [3.8, 4) is 11.5 Å². The molecular formula is C18H23NO6S2. The standard InChI is InChI=1S/C18H23NO6S2/c1-2-26(20,21)15-14-25-17-8-10-18(11-9-17)27(22,23)19-12-13-24-16-6-4-3-5-7-16/h3-11,19H,2,12-15H2,1H3. The highest BCUT2D eigenvalue weighted by Gasteiger charge is 2.14. The fourth-order valence-corrected chi connectivity index (χ4v) is 3.73. The normalized spacial score (nSPS) is 11.9. The molecule has 0 spiro atoms. The zero-order valence-corrected chi connectivity index (χ0v) is 16.6. The molecule has 0 unspecified atom stereocenters. The zero-order chi connectivity index (χ0) is 19.8. The van der Waals surface area contributed by atoms with Crippen LogP contribution >= 0.6 is 0 Å². The predicted molar refractivity (Wildman–Crippen MR) is 103 cm³/mol. The number of hydrogen-bond acceptors (Lipinski definition) is 6. The lowest BCUT2D eigenvalue weighted by Crippen LogP contribution is -2.28. The molecular weight excluding hydrogens is 390 g/mol. The second-order valence-electron chi connectivity index (χ2n) is 5.62. The lowest BCUT2D eigenvalue weighted by atomic mass is 10.3. The van der Waals surface area contributed by atoms with Crippen molar-refractivity contribution in [3.63, 3.8) is 0 Å². The minimum atomic E-state index is -3.66. The average molecular weight is 414 g/mol. The molecule has 0 aliphatic rings. The molecule has 0 amide bonds. The zero-order valence-electron chi connectivity index (χ0n) is 15.0. The van der Waals surface area contributed by atoms with Crippen molar-refractivity contribution < 1.29 is 26.3 Å². The van der Waals surface area contributed by atoms with Gasteiger partial charge in [-0.05, 0) is 36.4 Å². The Morgan fingerprint density at radius 2 is 1.41 bits per heavy atom. The number of ether oxygens (including phenoxy) is 2. The number of para-hydroxylation sites is 1. The molecule has 27 heavy (non-hydrogen) atoms. The summed E-state index contributed by atoms with van der Waals surface area (Å²) in [5.41, 5.74) is 0. The van der Waals surface area contributed by atoms with Gasteiger partial charge in [0.25, 0.3) is 0 Å². The SMILES string of the molecule is CCS(=O)(=O)CCOc1ccc(S(=O)(=O)NCCOc2ccccc2)cc1. The van der Waals surface area contributed by atoms with E-state index >= 15 is 0 Å². The number of sulfone groups is 1. The number of benzene rings is 2. The lowest BCUT2D eigenvalue weighted by molar-refractivity contribution is 0.323. The van der Waals surface area contributed by atoms with Gasteiger partial charge < -0.3 is 9.47 Å². The van der Waals surface area contributed by atoms with Gasteiger partial charge in [-0.2, -0.15) is 0 Å². The molecule has 2 aromatic carbocycles. The fraction of sp³-hybridized carbons (Fsp3) is 0.333. The van der Waals surface area contributed by atoms with Gasteiger partial charge in [-0.15, -0.1) is 0 Å². The highest BCUT2D eigenvalue weighted by atomic mass is 32.2. The highest BCUT2D eigenvalue weighted by molar-refractivity contribution is 7.91. The molecule has 2 rings (SSSR count). The lowest BCUT2D eigenvalue weighted by Gasteiger charge is -2.10. The van der Waals surface area contributed by atoms with E-state index in [9.17, 15) is 16.8 Å². The van der Waals surface area contributed by atoms with Gasteiger partial charge in [0.2, 0.25) is 10.0 Å². The van der Waals surface area contributed by atoms with E-state index in [0.717, 1.165) is 0 Å². The van der Waals surface area contributed by atoms with Gasteiger partial charge in [0.15, 0.2) is 9.84 Å². The topological polar surface area (TPSA) is 98.8 Å². The maximum absolute atomic E-state index is 12.3. The molecule has 7 nitrogen and oxygen atoms in total. The van der Waals surface area contributed by atoms with Crippen LogP contribution in [0.5, 0.6) is 11.5 Å². The first kappa shape index (κ1) is 21.2. The Bertz CT molecular complexity index is 910. The smallest absolute Gasteiger partial charge is 0.240 e. The summed E-state index contributed by atoms with van der Waals surface area (Å²) in [6.45, 7) is 1.94. The van der Waals surface area contributed by atoms with Crippen LogP contribution in [0.1, 0.15) is 6.92 Å². The monoisotopic (exact) mass is 413 g/mol. The molecule has 0 aliphatic carbocycles. The summed E-state index contributed by atoms with van der Waals surface area (Å²) in [4.78, 5) is 0.0933. The molecule has 0 bridgehead atoms. The molecule has 0 atom stereocenters. The summed E-state index contributed by atoms with van der Waals surface area (Å²) in [6.07, 6.45) is 0. The van der Waals surface area contributed by atoms with Crippen LogP contribution in [-0.4, -0.2) is 48.1 Å². The van der Waals surface area contributed by atoms with Crippen molar-refractivity contribution in [2.45, 2.75) is 11.8 Å². The van der Waals surface area contributed by atoms with Gasteiger partial charge >= 0.3 is 0 Å². The molecule has 1 N–H and O–H groups in total. The van der Waals surface area contributed by atoms with Gasteiger partial charge in [-0.3, -0.25) is 0 Å². The number of hydrogen-bond donors (Lipinski definition) is 1. The Balaban J connectivity index is 1.81. The van der Waals surface area contributed by atoms with E-state index < -0.39 is 19.9 Å². The summed E-state index contributed by atoms with van der Waals surface area (Å²) in [5.74, 6) is 1.07. The number of nitrogens with one attached hydrogen (secondary N) is 1. The van der Waals surface area contributed by atoms with E-state index in [-0.39, 0.29) is 36.2 Å². The van der Waals surface area contributed by atoms with E-state index in [0.29, 0.717) is 11.5 Å². The van der Waals surface area contributed by atoms with Crippen LogP contribution in [-0.2, 0) is 19.9 Å². The van der Waals surface area contributed by atoms with Crippen LogP contribution in [0.4, 0.5) is 0 Å². The fourth-order valence-electron chi connectivity index (χ4n) is 2.09. The van der Waals surface area contributed by atoms with Gasteiger partial charge in [-0.1, -0.05) is 25.1 Å². The molecule has 0 radical (unpaired) electrons. The van der Waals surface area contributed by atoms with Crippen molar-refractivity contribution in [2.75, 3.05) is 31.3 Å². The largest absolute Gasteiger partial charge is 0.493 e. The Labute approximate surface area is 160 Å². The van der Waals surface area contributed by atoms with E-state index in [1.165, 1.54) is 24.3 Å². The first-order chi connectivity index (χ1) is 12.8. The maximum Gasteiger partial charge on any atom is 0.240 e. The quantitative estimate of drug-likeness (QED) is 0.565. The van der Waals surface area contributed by atoms with Crippen molar-refractivity contribution >= 4 is 19.9 Å². The molecule has 0 heterocycles. The Morgan fingerprint density at radius 1 is 0.815 bits per heavy atom.